The van der Waals surface area contributed by atoms with Gasteiger partial charge < -0.3 is 19.5 Å². The number of H-pyrrole nitrogens is 1. The summed E-state index contributed by atoms with van der Waals surface area (Å²) >= 11 is 0. The van der Waals surface area contributed by atoms with Crippen LogP contribution in [0, 0.1) is 0 Å². The fourth-order valence-corrected chi connectivity index (χ4v) is 6.08. The van der Waals surface area contributed by atoms with Crippen molar-refractivity contribution in [2.75, 3.05) is 51.2 Å². The zero-order valence-corrected chi connectivity index (χ0v) is 23.0. The van der Waals surface area contributed by atoms with Gasteiger partial charge in [0, 0.05) is 38.4 Å². The molecule has 0 bridgehead atoms. The van der Waals surface area contributed by atoms with Crippen molar-refractivity contribution in [1.82, 2.24) is 14.2 Å². The second-order valence-corrected chi connectivity index (χ2v) is 11.1. The highest BCUT2D eigenvalue weighted by atomic mass is 32.2. The monoisotopic (exact) mass is 528 g/mol. The van der Waals surface area contributed by atoms with Crippen LogP contribution >= 0.6 is 0 Å². The third kappa shape index (κ3) is 7.80. The number of hydrogen-bond acceptors (Lipinski definition) is 6. The Morgan fingerprint density at radius 3 is 2.41 bits per heavy atom. The van der Waals surface area contributed by atoms with Crippen molar-refractivity contribution >= 4 is 33.1 Å². The highest BCUT2D eigenvalue weighted by Gasteiger charge is 2.27. The molecule has 0 spiro atoms. The number of para-hydroxylation sites is 2. The number of hydrogen-bond donors (Lipinski definition) is 1. The number of nitrogens with one attached hydrogen (secondary N) is 1. The van der Waals surface area contributed by atoms with Gasteiger partial charge in [0.05, 0.1) is 10.6 Å². The van der Waals surface area contributed by atoms with Crippen molar-refractivity contribution in [2.24, 2.45) is 0 Å². The molecule has 0 unspecified atom stereocenters. The SMILES string of the molecule is CCN(CC)CCCCN(C)c1ccccc1OC=O.O=S(=O)(c1ccc2cc[nH]c2c1)N1CCCC1. The predicted octanol–water partition coefficient (Wildman–Crippen LogP) is 4.73. The Hall–Kier alpha value is -2.88. The highest BCUT2D eigenvalue weighted by molar-refractivity contribution is 7.89. The molecule has 2 aromatic carbocycles. The first-order chi connectivity index (χ1) is 17.9. The van der Waals surface area contributed by atoms with Crippen LogP contribution in [-0.2, 0) is 14.8 Å². The number of aromatic amines is 1. The third-order valence-corrected chi connectivity index (χ3v) is 8.69. The summed E-state index contributed by atoms with van der Waals surface area (Å²) in [6, 6.07) is 14.8. The minimum atomic E-state index is -3.29. The number of ether oxygens (including phenoxy) is 1. The van der Waals surface area contributed by atoms with E-state index in [9.17, 15) is 13.2 Å². The van der Waals surface area contributed by atoms with E-state index < -0.39 is 10.0 Å². The van der Waals surface area contributed by atoms with E-state index >= 15 is 0 Å². The molecule has 1 saturated heterocycles. The van der Waals surface area contributed by atoms with Crippen LogP contribution in [0.2, 0.25) is 0 Å². The fourth-order valence-electron chi connectivity index (χ4n) is 4.53. The highest BCUT2D eigenvalue weighted by Crippen LogP contribution is 2.27. The third-order valence-electron chi connectivity index (χ3n) is 6.79. The van der Waals surface area contributed by atoms with E-state index in [4.69, 9.17) is 4.74 Å². The van der Waals surface area contributed by atoms with Gasteiger partial charge in [-0.05, 0) is 81.0 Å². The van der Waals surface area contributed by atoms with Crippen molar-refractivity contribution in [3.05, 3.63) is 54.7 Å². The normalized spacial score (nSPS) is 13.9. The quantitative estimate of drug-likeness (QED) is 0.270. The first-order valence-corrected chi connectivity index (χ1v) is 14.5. The standard InChI is InChI=1S/C16H26N2O2.C12H14N2O2S/c1-4-18(5-2)13-9-8-12-17(3)15-10-6-7-11-16(15)20-14-19;15-17(16,14-7-1-2-8-14)11-4-3-10-5-6-13-12(10)9-11/h6-7,10-11,14H,4-5,8-9,12-13H2,1-3H3;3-6,9,13H,1-2,7-8H2. The lowest BCUT2D eigenvalue weighted by Crippen LogP contribution is -2.27. The van der Waals surface area contributed by atoms with Crippen LogP contribution in [0.4, 0.5) is 5.69 Å². The molecule has 1 fully saturated rings. The van der Waals surface area contributed by atoms with Crippen LogP contribution in [0.1, 0.15) is 39.5 Å². The van der Waals surface area contributed by atoms with Crippen LogP contribution < -0.4 is 9.64 Å². The van der Waals surface area contributed by atoms with Crippen molar-refractivity contribution in [3.63, 3.8) is 0 Å². The smallest absolute Gasteiger partial charge is 0.298 e. The Morgan fingerprint density at radius 1 is 1.00 bits per heavy atom. The first-order valence-electron chi connectivity index (χ1n) is 13.1. The molecule has 37 heavy (non-hydrogen) atoms. The van der Waals surface area contributed by atoms with Gasteiger partial charge in [0.2, 0.25) is 10.0 Å². The Morgan fingerprint density at radius 2 is 1.70 bits per heavy atom. The molecule has 1 aromatic heterocycles. The maximum atomic E-state index is 12.3. The predicted molar refractivity (Wildman–Crippen MR) is 150 cm³/mol. The number of fused-ring (bicyclic) bond motifs is 1. The van der Waals surface area contributed by atoms with Crippen LogP contribution in [0.3, 0.4) is 0 Å². The van der Waals surface area contributed by atoms with Crippen LogP contribution in [0.5, 0.6) is 5.75 Å². The van der Waals surface area contributed by atoms with E-state index in [1.54, 1.807) is 16.4 Å². The fraction of sp³-hybridized carbons (Fsp3) is 0.464. The lowest BCUT2D eigenvalue weighted by molar-refractivity contribution is -0.120. The van der Waals surface area contributed by atoms with Crippen LogP contribution in [0.25, 0.3) is 10.9 Å². The molecule has 0 atom stereocenters. The van der Waals surface area contributed by atoms with Gasteiger partial charge in [0.25, 0.3) is 6.47 Å². The number of nitrogens with zero attached hydrogens (tertiary/aromatic N) is 3. The van der Waals surface area contributed by atoms with E-state index in [1.807, 2.05) is 49.6 Å². The van der Waals surface area contributed by atoms with E-state index in [0.29, 0.717) is 30.2 Å². The Labute approximate surface area is 221 Å². The number of carbonyl (C=O) groups is 1. The summed E-state index contributed by atoms with van der Waals surface area (Å²) in [6.07, 6.45) is 6.05. The van der Waals surface area contributed by atoms with Crippen LogP contribution in [-0.4, -0.2) is 75.4 Å². The van der Waals surface area contributed by atoms with Gasteiger partial charge in [-0.1, -0.05) is 32.0 Å². The van der Waals surface area contributed by atoms with Crippen molar-refractivity contribution < 1.29 is 17.9 Å². The summed E-state index contributed by atoms with van der Waals surface area (Å²) in [4.78, 5) is 18.5. The largest absolute Gasteiger partial charge is 0.427 e. The van der Waals surface area contributed by atoms with Crippen molar-refractivity contribution in [1.29, 1.82) is 0 Å². The average Bonchev–Trinajstić information content (AvgIpc) is 3.62. The van der Waals surface area contributed by atoms with Gasteiger partial charge >= 0.3 is 0 Å². The molecule has 0 radical (unpaired) electrons. The van der Waals surface area contributed by atoms with Gasteiger partial charge in [-0.2, -0.15) is 4.31 Å². The molecule has 202 valence electrons. The molecule has 0 saturated carbocycles. The molecular formula is C28H40N4O4S. The topological polar surface area (TPSA) is 86.0 Å². The lowest BCUT2D eigenvalue weighted by Gasteiger charge is -2.22. The van der Waals surface area contributed by atoms with Crippen molar-refractivity contribution in [2.45, 2.75) is 44.4 Å². The number of sulfonamides is 1. The molecule has 4 rings (SSSR count). The molecule has 2 heterocycles. The molecule has 1 N–H and O–H groups in total. The van der Waals surface area contributed by atoms with Crippen LogP contribution in [0.15, 0.2) is 59.6 Å². The molecule has 9 heteroatoms. The summed E-state index contributed by atoms with van der Waals surface area (Å²) in [5.74, 6) is 0.619. The molecule has 8 nitrogen and oxygen atoms in total. The maximum Gasteiger partial charge on any atom is 0.298 e. The van der Waals surface area contributed by atoms with Gasteiger partial charge in [-0.25, -0.2) is 8.42 Å². The molecule has 3 aromatic rings. The number of rotatable bonds is 12. The number of benzene rings is 2. The van der Waals surface area contributed by atoms with E-state index in [0.717, 1.165) is 62.0 Å². The van der Waals surface area contributed by atoms with Gasteiger partial charge in [0.15, 0.2) is 5.75 Å². The second-order valence-electron chi connectivity index (χ2n) is 9.18. The second kappa shape index (κ2) is 14.2. The van der Waals surface area contributed by atoms with Gasteiger partial charge in [0.1, 0.15) is 0 Å². The Bertz CT molecular complexity index is 1220. The zero-order valence-electron chi connectivity index (χ0n) is 22.2. The van der Waals surface area contributed by atoms with Gasteiger partial charge in [-0.15, -0.1) is 0 Å². The average molecular weight is 529 g/mol. The number of aromatic nitrogens is 1. The maximum absolute atomic E-state index is 12.3. The van der Waals surface area contributed by atoms with Crippen molar-refractivity contribution in [3.8, 4) is 5.75 Å². The van der Waals surface area contributed by atoms with Gasteiger partial charge in [-0.3, -0.25) is 4.79 Å². The molecule has 1 aliphatic heterocycles. The summed E-state index contributed by atoms with van der Waals surface area (Å²) in [5.41, 5.74) is 1.83. The minimum absolute atomic E-state index is 0.384. The minimum Gasteiger partial charge on any atom is -0.427 e. The Balaban J connectivity index is 0.000000207. The first kappa shape index (κ1) is 28.7. The molecular weight excluding hydrogens is 488 g/mol. The van der Waals surface area contributed by atoms with E-state index in [-0.39, 0.29) is 0 Å². The molecule has 1 aliphatic rings. The summed E-state index contributed by atoms with van der Waals surface area (Å²) in [5, 5.41) is 1.03. The summed E-state index contributed by atoms with van der Waals surface area (Å²) < 4.78 is 31.2. The Kier molecular flexibility index (Phi) is 11.0. The number of carbonyl (C=O) groups excluding carboxylic acids is 1. The van der Waals surface area contributed by atoms with E-state index in [2.05, 4.69) is 28.6 Å². The number of unbranched alkanes of at least 4 members (excludes halogenated alkanes) is 1. The summed E-state index contributed by atoms with van der Waals surface area (Å²) in [6.45, 7) is 10.5. The van der Waals surface area contributed by atoms with E-state index in [1.165, 1.54) is 6.42 Å². The molecule has 0 amide bonds. The number of anilines is 1. The summed E-state index contributed by atoms with van der Waals surface area (Å²) in [7, 11) is -1.26. The lowest BCUT2D eigenvalue weighted by atomic mass is 10.2. The zero-order chi connectivity index (χ0) is 26.7. The molecule has 0 aliphatic carbocycles.